The first-order valence-electron chi connectivity index (χ1n) is 12.2. The quantitative estimate of drug-likeness (QED) is 0.439. The van der Waals surface area contributed by atoms with Gasteiger partial charge in [-0.2, -0.15) is 0 Å². The number of anilines is 1. The van der Waals surface area contributed by atoms with Gasteiger partial charge in [-0.15, -0.1) is 0 Å². The van der Waals surface area contributed by atoms with Crippen LogP contribution < -0.4 is 9.64 Å². The Labute approximate surface area is 201 Å². The third-order valence-electron chi connectivity index (χ3n) is 6.91. The number of hydrogen-bond donors (Lipinski definition) is 0. The molecule has 1 unspecified atom stereocenters. The second-order valence-electron chi connectivity index (χ2n) is 9.36. The van der Waals surface area contributed by atoms with Gasteiger partial charge in [-0.05, 0) is 92.9 Å². The Morgan fingerprint density at radius 2 is 1.68 bits per heavy atom. The summed E-state index contributed by atoms with van der Waals surface area (Å²) in [6, 6.07) is 20.3. The van der Waals surface area contributed by atoms with Crippen molar-refractivity contribution in [1.29, 1.82) is 0 Å². The van der Waals surface area contributed by atoms with Crippen LogP contribution in [0.4, 0.5) is 10.1 Å². The minimum Gasteiger partial charge on any atom is -0.492 e. The Balaban J connectivity index is 1.31. The van der Waals surface area contributed by atoms with E-state index in [1.54, 1.807) is 17.0 Å². The number of hydrogen-bond acceptors (Lipinski definition) is 3. The van der Waals surface area contributed by atoms with Crippen LogP contribution in [-0.2, 0) is 6.42 Å². The minimum atomic E-state index is -0.309. The van der Waals surface area contributed by atoms with E-state index in [0.717, 1.165) is 34.5 Å². The van der Waals surface area contributed by atoms with Gasteiger partial charge in [0.25, 0.3) is 5.91 Å². The third-order valence-corrected chi connectivity index (χ3v) is 6.91. The second kappa shape index (κ2) is 9.98. The molecule has 2 heterocycles. The van der Waals surface area contributed by atoms with E-state index in [0.29, 0.717) is 18.7 Å². The van der Waals surface area contributed by atoms with E-state index in [-0.39, 0.29) is 17.8 Å². The maximum atomic E-state index is 13.5. The van der Waals surface area contributed by atoms with Gasteiger partial charge >= 0.3 is 0 Å². The average molecular weight is 459 g/mol. The lowest BCUT2D eigenvalue weighted by molar-refractivity contribution is 0.0991. The molecule has 1 saturated heterocycles. The molecule has 34 heavy (non-hydrogen) atoms. The predicted octanol–water partition coefficient (Wildman–Crippen LogP) is 5.94. The van der Waals surface area contributed by atoms with E-state index in [4.69, 9.17) is 4.74 Å². The Hall–Kier alpha value is -3.18. The molecular formula is C29H31FN2O2. The number of aryl methyl sites for hydroxylation is 1. The number of nitrogens with zero attached hydrogens (tertiary/aromatic N) is 2. The van der Waals surface area contributed by atoms with E-state index < -0.39 is 0 Å². The van der Waals surface area contributed by atoms with Crippen molar-refractivity contribution in [2.24, 2.45) is 0 Å². The fraction of sp³-hybridized carbons (Fsp3) is 0.345. The summed E-state index contributed by atoms with van der Waals surface area (Å²) >= 11 is 0. The molecule has 3 aromatic carbocycles. The first-order chi connectivity index (χ1) is 16.6. The highest BCUT2D eigenvalue weighted by atomic mass is 19.1. The van der Waals surface area contributed by atoms with Crippen LogP contribution in [0.1, 0.15) is 52.4 Å². The lowest BCUT2D eigenvalue weighted by Gasteiger charge is -2.26. The molecule has 4 nitrogen and oxygen atoms in total. The number of ether oxygens (including phenoxy) is 1. The van der Waals surface area contributed by atoms with E-state index >= 15 is 0 Å². The van der Waals surface area contributed by atoms with Gasteiger partial charge in [0.2, 0.25) is 0 Å². The summed E-state index contributed by atoms with van der Waals surface area (Å²) in [5.74, 6) is 0.527. The Morgan fingerprint density at radius 1 is 0.941 bits per heavy atom. The lowest BCUT2D eigenvalue weighted by Crippen LogP contribution is -2.33. The summed E-state index contributed by atoms with van der Waals surface area (Å²) in [6.07, 6.45) is 4.59. The zero-order chi connectivity index (χ0) is 23.5. The van der Waals surface area contributed by atoms with Crippen LogP contribution in [0.25, 0.3) is 0 Å². The first-order valence-corrected chi connectivity index (χ1v) is 12.2. The van der Waals surface area contributed by atoms with Crippen LogP contribution >= 0.6 is 0 Å². The third kappa shape index (κ3) is 4.85. The number of likely N-dealkylation sites (tertiary alicyclic amines) is 1. The maximum absolute atomic E-state index is 13.5. The monoisotopic (exact) mass is 458 g/mol. The van der Waals surface area contributed by atoms with Crippen molar-refractivity contribution in [1.82, 2.24) is 4.90 Å². The Kier molecular flexibility index (Phi) is 6.63. The number of fused-ring (bicyclic) bond motifs is 1. The van der Waals surface area contributed by atoms with Crippen molar-refractivity contribution < 1.29 is 13.9 Å². The molecule has 2 aliphatic heterocycles. The first kappa shape index (κ1) is 22.6. The van der Waals surface area contributed by atoms with Gasteiger partial charge in [0.1, 0.15) is 18.2 Å². The molecule has 3 aromatic rings. The summed E-state index contributed by atoms with van der Waals surface area (Å²) in [5.41, 5.74) is 4.64. The molecule has 0 spiro atoms. The zero-order valence-corrected chi connectivity index (χ0v) is 19.7. The van der Waals surface area contributed by atoms with E-state index in [9.17, 15) is 9.18 Å². The van der Waals surface area contributed by atoms with Crippen molar-refractivity contribution in [3.63, 3.8) is 0 Å². The molecule has 1 amide bonds. The Morgan fingerprint density at radius 3 is 2.41 bits per heavy atom. The van der Waals surface area contributed by atoms with Gasteiger partial charge in [-0.25, -0.2) is 4.39 Å². The van der Waals surface area contributed by atoms with Crippen LogP contribution in [0.5, 0.6) is 5.75 Å². The molecule has 0 aromatic heterocycles. The minimum absolute atomic E-state index is 0.0343. The summed E-state index contributed by atoms with van der Waals surface area (Å²) in [6.45, 7) is 6.01. The molecule has 176 valence electrons. The fourth-order valence-electron chi connectivity index (χ4n) is 5.08. The van der Waals surface area contributed by atoms with Crippen LogP contribution in [0.15, 0.2) is 66.7 Å². The van der Waals surface area contributed by atoms with E-state index in [1.807, 2.05) is 31.2 Å². The molecule has 0 N–H and O–H groups in total. The van der Waals surface area contributed by atoms with Gasteiger partial charge in [-0.1, -0.05) is 36.2 Å². The number of carbonyl (C=O) groups excluding carboxylic acids is 1. The SMILES string of the molecule is Cc1ccc2c(c1)C(=O)N(c1ccc(F)cc1)C2Cc1ccc(OCCN2CCCCC2)cc1. The molecule has 0 aliphatic carbocycles. The van der Waals surface area contributed by atoms with Crippen molar-refractivity contribution in [3.05, 3.63) is 94.8 Å². The van der Waals surface area contributed by atoms with Crippen molar-refractivity contribution in [2.45, 2.75) is 38.6 Å². The number of carbonyl (C=O) groups is 1. The highest BCUT2D eigenvalue weighted by Gasteiger charge is 2.37. The number of rotatable bonds is 7. The molecule has 0 saturated carbocycles. The van der Waals surface area contributed by atoms with Crippen molar-refractivity contribution in [2.75, 3.05) is 31.1 Å². The van der Waals surface area contributed by atoms with Gasteiger partial charge in [-0.3, -0.25) is 9.69 Å². The summed E-state index contributed by atoms with van der Waals surface area (Å²) in [7, 11) is 0. The summed E-state index contributed by atoms with van der Waals surface area (Å²) < 4.78 is 19.5. The second-order valence-corrected chi connectivity index (χ2v) is 9.36. The summed E-state index contributed by atoms with van der Waals surface area (Å²) in [5, 5.41) is 0. The standard InChI is InChI=1S/C29H31FN2O2/c1-21-5-14-26-27(19-21)29(33)32(24-10-8-23(30)9-11-24)28(26)20-22-6-12-25(13-7-22)34-18-17-31-15-3-2-4-16-31/h5-14,19,28H,2-4,15-18,20H2,1H3. The molecule has 2 aliphatic rings. The van der Waals surface area contributed by atoms with E-state index in [2.05, 4.69) is 23.1 Å². The molecular weight excluding hydrogens is 427 g/mol. The van der Waals surface area contributed by atoms with Gasteiger partial charge in [0.05, 0.1) is 6.04 Å². The lowest BCUT2D eigenvalue weighted by atomic mass is 9.97. The predicted molar refractivity (Wildman–Crippen MR) is 133 cm³/mol. The topological polar surface area (TPSA) is 32.8 Å². The van der Waals surface area contributed by atoms with Gasteiger partial charge in [0.15, 0.2) is 0 Å². The van der Waals surface area contributed by atoms with Crippen LogP contribution in [-0.4, -0.2) is 37.0 Å². The van der Waals surface area contributed by atoms with Gasteiger partial charge in [0, 0.05) is 17.8 Å². The van der Waals surface area contributed by atoms with Crippen LogP contribution in [0.2, 0.25) is 0 Å². The van der Waals surface area contributed by atoms with Crippen LogP contribution in [0, 0.1) is 12.7 Å². The highest BCUT2D eigenvalue weighted by Crippen LogP contribution is 2.40. The largest absolute Gasteiger partial charge is 0.492 e. The average Bonchev–Trinajstić information content (AvgIpc) is 3.12. The maximum Gasteiger partial charge on any atom is 0.259 e. The van der Waals surface area contributed by atoms with Crippen molar-refractivity contribution >= 4 is 11.6 Å². The molecule has 5 heteroatoms. The fourth-order valence-corrected chi connectivity index (χ4v) is 5.08. The number of amides is 1. The number of benzene rings is 3. The normalized spacial score (nSPS) is 18.2. The number of piperidine rings is 1. The van der Waals surface area contributed by atoms with E-state index in [1.165, 1.54) is 44.5 Å². The Bertz CT molecular complexity index is 1140. The molecule has 0 bridgehead atoms. The molecule has 0 radical (unpaired) electrons. The van der Waals surface area contributed by atoms with Crippen LogP contribution in [0.3, 0.4) is 0 Å². The molecule has 1 fully saturated rings. The summed E-state index contributed by atoms with van der Waals surface area (Å²) in [4.78, 5) is 17.6. The zero-order valence-electron chi connectivity index (χ0n) is 19.7. The number of halogens is 1. The molecule has 5 rings (SSSR count). The molecule has 1 atom stereocenters. The highest BCUT2D eigenvalue weighted by molar-refractivity contribution is 6.11. The van der Waals surface area contributed by atoms with Gasteiger partial charge < -0.3 is 9.64 Å². The smallest absolute Gasteiger partial charge is 0.259 e. The van der Waals surface area contributed by atoms with Crippen molar-refractivity contribution in [3.8, 4) is 5.75 Å².